The molecule has 146 valence electrons. The number of anilines is 2. The summed E-state index contributed by atoms with van der Waals surface area (Å²) in [6.45, 7) is 1.54. The Labute approximate surface area is 168 Å². The van der Waals surface area contributed by atoms with Crippen LogP contribution in [0.5, 0.6) is 0 Å². The Morgan fingerprint density at radius 3 is 2.79 bits per heavy atom. The van der Waals surface area contributed by atoms with E-state index in [1.807, 2.05) is 24.5 Å². The summed E-state index contributed by atoms with van der Waals surface area (Å²) in [6, 6.07) is 12.5. The Morgan fingerprint density at radius 1 is 1.18 bits per heavy atom. The topological polar surface area (TPSA) is 84.5 Å². The van der Waals surface area contributed by atoms with E-state index in [0.29, 0.717) is 24.1 Å². The van der Waals surface area contributed by atoms with Gasteiger partial charge in [0.05, 0.1) is 5.56 Å². The maximum atomic E-state index is 12.5. The standard InChI is InChI=1S/C21H22N2O4S/c1-13(20(25)22-16-6-4-7-17(12-16)28-2)27-21(26)15-9-10-18-14(11-15)5-3-8-19(24)23-18/h4,6-7,9-13H,3,5,8H2,1-2H3,(H,22,25)(H,23,24). The lowest BCUT2D eigenvalue weighted by Crippen LogP contribution is -2.30. The molecule has 2 aromatic carbocycles. The molecule has 0 aliphatic carbocycles. The highest BCUT2D eigenvalue weighted by atomic mass is 32.2. The number of ether oxygens (including phenoxy) is 1. The van der Waals surface area contributed by atoms with Crippen molar-refractivity contribution in [3.05, 3.63) is 53.6 Å². The molecule has 0 fully saturated rings. The number of amides is 2. The van der Waals surface area contributed by atoms with Crippen LogP contribution in [0.2, 0.25) is 0 Å². The number of thioether (sulfide) groups is 1. The molecule has 1 heterocycles. The molecule has 0 saturated carbocycles. The molecule has 0 aromatic heterocycles. The molecular weight excluding hydrogens is 376 g/mol. The maximum absolute atomic E-state index is 12.5. The lowest BCUT2D eigenvalue weighted by Gasteiger charge is -2.15. The third-order valence-corrected chi connectivity index (χ3v) is 5.18. The predicted octanol–water partition coefficient (Wildman–Crippen LogP) is 3.87. The number of carbonyl (C=O) groups excluding carboxylic acids is 3. The Bertz CT molecular complexity index is 913. The summed E-state index contributed by atoms with van der Waals surface area (Å²) in [4.78, 5) is 37.5. The smallest absolute Gasteiger partial charge is 0.338 e. The van der Waals surface area contributed by atoms with Crippen LogP contribution in [0.25, 0.3) is 0 Å². The van der Waals surface area contributed by atoms with Crippen molar-refractivity contribution < 1.29 is 19.1 Å². The summed E-state index contributed by atoms with van der Waals surface area (Å²) in [5, 5.41) is 5.59. The van der Waals surface area contributed by atoms with E-state index >= 15 is 0 Å². The van der Waals surface area contributed by atoms with Crippen molar-refractivity contribution in [2.24, 2.45) is 0 Å². The molecule has 0 bridgehead atoms. The molecule has 1 aliphatic rings. The maximum Gasteiger partial charge on any atom is 0.338 e. The molecule has 2 amide bonds. The van der Waals surface area contributed by atoms with Crippen LogP contribution in [-0.4, -0.2) is 30.1 Å². The third kappa shape index (κ3) is 4.92. The van der Waals surface area contributed by atoms with Crippen molar-refractivity contribution in [2.75, 3.05) is 16.9 Å². The zero-order chi connectivity index (χ0) is 20.1. The number of rotatable bonds is 5. The minimum absolute atomic E-state index is 0.0232. The summed E-state index contributed by atoms with van der Waals surface area (Å²) in [5.74, 6) is -0.988. The zero-order valence-corrected chi connectivity index (χ0v) is 16.6. The van der Waals surface area contributed by atoms with Crippen LogP contribution in [-0.2, 0) is 20.7 Å². The second kappa shape index (κ2) is 8.93. The number of hydrogen-bond acceptors (Lipinski definition) is 5. The van der Waals surface area contributed by atoms with E-state index in [4.69, 9.17) is 4.74 Å². The molecule has 1 aliphatic heterocycles. The van der Waals surface area contributed by atoms with Crippen molar-refractivity contribution in [1.29, 1.82) is 0 Å². The fourth-order valence-corrected chi connectivity index (χ4v) is 3.39. The van der Waals surface area contributed by atoms with Crippen molar-refractivity contribution >= 4 is 40.9 Å². The molecule has 3 rings (SSSR count). The van der Waals surface area contributed by atoms with Crippen molar-refractivity contribution in [3.63, 3.8) is 0 Å². The van der Waals surface area contributed by atoms with Crippen molar-refractivity contribution in [3.8, 4) is 0 Å². The average molecular weight is 398 g/mol. The first kappa shape index (κ1) is 19.9. The van der Waals surface area contributed by atoms with Gasteiger partial charge in [-0.2, -0.15) is 0 Å². The van der Waals surface area contributed by atoms with Crippen LogP contribution in [0.3, 0.4) is 0 Å². The third-order valence-electron chi connectivity index (χ3n) is 4.46. The second-order valence-corrected chi connectivity index (χ2v) is 7.42. The molecule has 28 heavy (non-hydrogen) atoms. The molecule has 1 unspecified atom stereocenters. The van der Waals surface area contributed by atoms with Gasteiger partial charge in [0.25, 0.3) is 5.91 Å². The molecule has 7 heteroatoms. The van der Waals surface area contributed by atoms with E-state index in [0.717, 1.165) is 22.6 Å². The Balaban J connectivity index is 1.64. The highest BCUT2D eigenvalue weighted by molar-refractivity contribution is 7.98. The number of fused-ring (bicyclic) bond motifs is 1. The minimum Gasteiger partial charge on any atom is -0.449 e. The van der Waals surface area contributed by atoms with Crippen LogP contribution >= 0.6 is 11.8 Å². The monoisotopic (exact) mass is 398 g/mol. The van der Waals surface area contributed by atoms with Gasteiger partial charge in [0.1, 0.15) is 0 Å². The Hall–Kier alpha value is -2.80. The number of aryl methyl sites for hydroxylation is 1. The summed E-state index contributed by atoms with van der Waals surface area (Å²) in [6.07, 6.45) is 2.91. The number of benzene rings is 2. The number of hydrogen-bond donors (Lipinski definition) is 2. The van der Waals surface area contributed by atoms with Crippen LogP contribution in [0.4, 0.5) is 11.4 Å². The molecular formula is C21H22N2O4S. The van der Waals surface area contributed by atoms with Gasteiger partial charge in [0.2, 0.25) is 5.91 Å². The fourth-order valence-electron chi connectivity index (χ4n) is 2.93. The summed E-state index contributed by atoms with van der Waals surface area (Å²) in [7, 11) is 0. The van der Waals surface area contributed by atoms with Crippen LogP contribution in [0.1, 0.15) is 35.7 Å². The molecule has 6 nitrogen and oxygen atoms in total. The Kier molecular flexibility index (Phi) is 6.36. The fraction of sp³-hybridized carbons (Fsp3) is 0.286. The van der Waals surface area contributed by atoms with E-state index in [9.17, 15) is 14.4 Å². The first-order valence-corrected chi connectivity index (χ1v) is 10.3. The first-order valence-electron chi connectivity index (χ1n) is 9.05. The zero-order valence-electron chi connectivity index (χ0n) is 15.8. The van der Waals surface area contributed by atoms with Gasteiger partial charge < -0.3 is 15.4 Å². The van der Waals surface area contributed by atoms with E-state index in [2.05, 4.69) is 10.6 Å². The van der Waals surface area contributed by atoms with E-state index in [-0.39, 0.29) is 5.91 Å². The summed E-state index contributed by atoms with van der Waals surface area (Å²) < 4.78 is 5.33. The van der Waals surface area contributed by atoms with Crippen molar-refractivity contribution in [1.82, 2.24) is 0 Å². The average Bonchev–Trinajstić information content (AvgIpc) is 2.87. The largest absolute Gasteiger partial charge is 0.449 e. The normalized spacial score (nSPS) is 14.3. The van der Waals surface area contributed by atoms with Gasteiger partial charge in [0, 0.05) is 22.7 Å². The molecule has 0 spiro atoms. The van der Waals surface area contributed by atoms with Crippen LogP contribution < -0.4 is 10.6 Å². The van der Waals surface area contributed by atoms with Gasteiger partial charge in [-0.3, -0.25) is 9.59 Å². The number of carbonyl (C=O) groups is 3. The quantitative estimate of drug-likeness (QED) is 0.590. The number of nitrogens with one attached hydrogen (secondary N) is 2. The van der Waals surface area contributed by atoms with Gasteiger partial charge in [-0.15, -0.1) is 11.8 Å². The highest BCUT2D eigenvalue weighted by Crippen LogP contribution is 2.24. The van der Waals surface area contributed by atoms with E-state index in [1.165, 1.54) is 6.92 Å². The molecule has 0 saturated heterocycles. The summed E-state index contributed by atoms with van der Waals surface area (Å²) >= 11 is 1.58. The SMILES string of the molecule is CSc1cccc(NC(=O)C(C)OC(=O)c2ccc3c(c2)CCCC(=O)N3)c1. The van der Waals surface area contributed by atoms with Gasteiger partial charge in [-0.05, 0) is 68.0 Å². The molecule has 2 N–H and O–H groups in total. The summed E-state index contributed by atoms with van der Waals surface area (Å²) in [5.41, 5.74) is 2.63. The van der Waals surface area contributed by atoms with Gasteiger partial charge in [-0.25, -0.2) is 4.79 Å². The highest BCUT2D eigenvalue weighted by Gasteiger charge is 2.21. The van der Waals surface area contributed by atoms with Crippen LogP contribution in [0, 0.1) is 0 Å². The first-order chi connectivity index (χ1) is 13.5. The van der Waals surface area contributed by atoms with E-state index < -0.39 is 18.0 Å². The van der Waals surface area contributed by atoms with Gasteiger partial charge in [0.15, 0.2) is 6.10 Å². The molecule has 1 atom stereocenters. The lowest BCUT2D eigenvalue weighted by atomic mass is 10.0. The Morgan fingerprint density at radius 2 is 2.00 bits per heavy atom. The number of esters is 1. The predicted molar refractivity (Wildman–Crippen MR) is 110 cm³/mol. The van der Waals surface area contributed by atoms with Crippen LogP contribution in [0.15, 0.2) is 47.4 Å². The molecule has 0 radical (unpaired) electrons. The van der Waals surface area contributed by atoms with Crippen molar-refractivity contribution in [2.45, 2.75) is 37.2 Å². The van der Waals surface area contributed by atoms with Gasteiger partial charge >= 0.3 is 5.97 Å². The lowest BCUT2D eigenvalue weighted by molar-refractivity contribution is -0.123. The van der Waals surface area contributed by atoms with E-state index in [1.54, 1.807) is 36.0 Å². The minimum atomic E-state index is -0.941. The second-order valence-electron chi connectivity index (χ2n) is 6.54. The molecule has 2 aromatic rings. The van der Waals surface area contributed by atoms with Gasteiger partial charge in [-0.1, -0.05) is 6.07 Å².